The van der Waals surface area contributed by atoms with Crippen LogP contribution < -0.4 is 5.32 Å². The molecular weight excluding hydrogens is 236 g/mol. The average Bonchev–Trinajstić information content (AvgIpc) is 1.96. The van der Waals surface area contributed by atoms with Gasteiger partial charge in [-0.15, -0.1) is 12.4 Å². The Balaban J connectivity index is 0.00000144. The van der Waals surface area contributed by atoms with Crippen molar-refractivity contribution in [3.8, 4) is 0 Å². The molecule has 0 aromatic heterocycles. The molecule has 0 fully saturated rings. The van der Waals surface area contributed by atoms with Gasteiger partial charge in [0.2, 0.25) is 0 Å². The number of nitrogens with one attached hydrogen (secondary N) is 1. The van der Waals surface area contributed by atoms with Crippen LogP contribution in [-0.2, 0) is 0 Å². The molecule has 13 heavy (non-hydrogen) atoms. The molecular formula is C7H6Cl3NO2. The first kappa shape index (κ1) is 12.4. The van der Waals surface area contributed by atoms with Crippen molar-refractivity contribution in [2.45, 2.75) is 0 Å². The van der Waals surface area contributed by atoms with Gasteiger partial charge in [-0.25, -0.2) is 4.79 Å². The van der Waals surface area contributed by atoms with Crippen molar-refractivity contribution in [3.05, 3.63) is 28.2 Å². The van der Waals surface area contributed by atoms with E-state index in [1.807, 2.05) is 0 Å². The SMILES string of the molecule is Cl.O=C(O)Nc1ccc(Cl)c(Cl)c1. The third kappa shape index (κ3) is 3.72. The molecule has 0 aliphatic carbocycles. The fourth-order valence-electron chi connectivity index (χ4n) is 0.697. The normalized spacial score (nSPS) is 8.77. The molecule has 0 radical (unpaired) electrons. The molecule has 1 amide bonds. The van der Waals surface area contributed by atoms with E-state index in [0.717, 1.165) is 0 Å². The van der Waals surface area contributed by atoms with Crippen LogP contribution >= 0.6 is 35.6 Å². The number of benzene rings is 1. The van der Waals surface area contributed by atoms with E-state index in [4.69, 9.17) is 28.3 Å². The Labute approximate surface area is 91.1 Å². The second kappa shape index (κ2) is 5.17. The summed E-state index contributed by atoms with van der Waals surface area (Å²) in [6, 6.07) is 4.50. The van der Waals surface area contributed by atoms with Crippen LogP contribution in [0.4, 0.5) is 10.5 Å². The second-order valence-electron chi connectivity index (χ2n) is 2.06. The Morgan fingerprint density at radius 1 is 1.31 bits per heavy atom. The average molecular weight is 242 g/mol. The van der Waals surface area contributed by atoms with Gasteiger partial charge in [-0.1, -0.05) is 23.2 Å². The van der Waals surface area contributed by atoms with Crippen LogP contribution in [0.2, 0.25) is 10.0 Å². The quantitative estimate of drug-likeness (QED) is 0.792. The van der Waals surface area contributed by atoms with Crippen LogP contribution in [0, 0.1) is 0 Å². The van der Waals surface area contributed by atoms with Gasteiger partial charge >= 0.3 is 6.09 Å². The molecule has 6 heteroatoms. The van der Waals surface area contributed by atoms with Crippen molar-refractivity contribution in [2.75, 3.05) is 5.32 Å². The summed E-state index contributed by atoms with van der Waals surface area (Å²) in [5.74, 6) is 0. The van der Waals surface area contributed by atoms with E-state index < -0.39 is 6.09 Å². The summed E-state index contributed by atoms with van der Waals surface area (Å²) in [7, 11) is 0. The van der Waals surface area contributed by atoms with Gasteiger partial charge in [0.15, 0.2) is 0 Å². The maximum atomic E-state index is 10.2. The molecule has 0 heterocycles. The smallest absolute Gasteiger partial charge is 0.409 e. The third-order valence-corrected chi connectivity index (χ3v) is 1.91. The predicted octanol–water partition coefficient (Wildman–Crippen LogP) is 3.51. The molecule has 0 saturated carbocycles. The minimum absolute atomic E-state index is 0. The van der Waals surface area contributed by atoms with Gasteiger partial charge in [0, 0.05) is 5.69 Å². The Hall–Kier alpha value is -0.640. The highest BCUT2D eigenvalue weighted by Crippen LogP contribution is 2.24. The van der Waals surface area contributed by atoms with E-state index >= 15 is 0 Å². The maximum Gasteiger partial charge on any atom is 0.409 e. The lowest BCUT2D eigenvalue weighted by molar-refractivity contribution is 0.210. The van der Waals surface area contributed by atoms with Crippen molar-refractivity contribution < 1.29 is 9.90 Å². The van der Waals surface area contributed by atoms with Crippen LogP contribution in [-0.4, -0.2) is 11.2 Å². The first-order valence-electron chi connectivity index (χ1n) is 3.04. The van der Waals surface area contributed by atoms with E-state index in [1.165, 1.54) is 18.2 Å². The molecule has 0 saturated heterocycles. The van der Waals surface area contributed by atoms with Crippen LogP contribution in [0.5, 0.6) is 0 Å². The van der Waals surface area contributed by atoms with Gasteiger partial charge in [0.1, 0.15) is 0 Å². The highest BCUT2D eigenvalue weighted by atomic mass is 35.5. The van der Waals surface area contributed by atoms with Crippen molar-refractivity contribution in [2.24, 2.45) is 0 Å². The molecule has 0 unspecified atom stereocenters. The Morgan fingerprint density at radius 3 is 2.38 bits per heavy atom. The lowest BCUT2D eigenvalue weighted by atomic mass is 10.3. The van der Waals surface area contributed by atoms with Gasteiger partial charge in [0.05, 0.1) is 10.0 Å². The number of amides is 1. The van der Waals surface area contributed by atoms with Gasteiger partial charge in [0.25, 0.3) is 0 Å². The van der Waals surface area contributed by atoms with E-state index in [1.54, 1.807) is 0 Å². The summed E-state index contributed by atoms with van der Waals surface area (Å²) < 4.78 is 0. The van der Waals surface area contributed by atoms with Crippen molar-refractivity contribution in [3.63, 3.8) is 0 Å². The lowest BCUT2D eigenvalue weighted by Gasteiger charge is -2.01. The van der Waals surface area contributed by atoms with E-state index in [0.29, 0.717) is 15.7 Å². The molecule has 3 nitrogen and oxygen atoms in total. The highest BCUT2D eigenvalue weighted by molar-refractivity contribution is 6.42. The van der Waals surface area contributed by atoms with Gasteiger partial charge in [-0.3, -0.25) is 5.32 Å². The van der Waals surface area contributed by atoms with Crippen molar-refractivity contribution >= 4 is 47.4 Å². The summed E-state index contributed by atoms with van der Waals surface area (Å²) in [6.07, 6.45) is -1.13. The van der Waals surface area contributed by atoms with Crippen molar-refractivity contribution in [1.82, 2.24) is 0 Å². The lowest BCUT2D eigenvalue weighted by Crippen LogP contribution is -2.06. The Kier molecular flexibility index (Phi) is 4.91. The minimum Gasteiger partial charge on any atom is -0.465 e. The van der Waals surface area contributed by atoms with Crippen molar-refractivity contribution in [1.29, 1.82) is 0 Å². The number of carboxylic acid groups (broad SMARTS) is 1. The molecule has 0 atom stereocenters. The highest BCUT2D eigenvalue weighted by Gasteiger charge is 2.01. The van der Waals surface area contributed by atoms with E-state index in [9.17, 15) is 4.79 Å². The fraction of sp³-hybridized carbons (Fsp3) is 0. The number of hydrogen-bond acceptors (Lipinski definition) is 1. The standard InChI is InChI=1S/C7H5Cl2NO2.ClH/c8-5-2-1-4(3-6(5)9)10-7(11)12;/h1-3,10H,(H,11,12);1H. The van der Waals surface area contributed by atoms with Gasteiger partial charge in [-0.2, -0.15) is 0 Å². The first-order chi connectivity index (χ1) is 5.59. The number of hydrogen-bond donors (Lipinski definition) is 2. The molecule has 0 aliphatic rings. The monoisotopic (exact) mass is 241 g/mol. The number of halogens is 3. The Bertz CT molecular complexity index is 317. The molecule has 0 spiro atoms. The van der Waals surface area contributed by atoms with Crippen LogP contribution in [0.3, 0.4) is 0 Å². The number of rotatable bonds is 1. The van der Waals surface area contributed by atoms with Crippen LogP contribution in [0.1, 0.15) is 0 Å². The summed E-state index contributed by atoms with van der Waals surface area (Å²) >= 11 is 11.2. The van der Waals surface area contributed by atoms with Crippen LogP contribution in [0.15, 0.2) is 18.2 Å². The summed E-state index contributed by atoms with van der Waals surface area (Å²) in [5, 5.41) is 11.2. The Morgan fingerprint density at radius 2 is 1.92 bits per heavy atom. The van der Waals surface area contributed by atoms with Gasteiger partial charge < -0.3 is 5.11 Å². The molecule has 1 rings (SSSR count). The second-order valence-corrected chi connectivity index (χ2v) is 2.87. The van der Waals surface area contributed by atoms with Crippen LogP contribution in [0.25, 0.3) is 0 Å². The minimum atomic E-state index is -1.13. The zero-order chi connectivity index (χ0) is 9.14. The summed E-state index contributed by atoms with van der Waals surface area (Å²) in [5.41, 5.74) is 0.400. The molecule has 1 aromatic rings. The topological polar surface area (TPSA) is 49.3 Å². The first-order valence-corrected chi connectivity index (χ1v) is 3.80. The third-order valence-electron chi connectivity index (χ3n) is 1.17. The zero-order valence-corrected chi connectivity index (χ0v) is 8.58. The maximum absolute atomic E-state index is 10.2. The molecule has 72 valence electrons. The number of carbonyl (C=O) groups is 1. The molecule has 0 aliphatic heterocycles. The molecule has 0 bridgehead atoms. The van der Waals surface area contributed by atoms with E-state index in [2.05, 4.69) is 5.32 Å². The summed E-state index contributed by atoms with van der Waals surface area (Å²) in [4.78, 5) is 10.2. The number of anilines is 1. The fourth-order valence-corrected chi connectivity index (χ4v) is 0.995. The molecule has 1 aromatic carbocycles. The largest absolute Gasteiger partial charge is 0.465 e. The predicted molar refractivity (Wildman–Crippen MR) is 55.4 cm³/mol. The zero-order valence-electron chi connectivity index (χ0n) is 6.25. The summed E-state index contributed by atoms with van der Waals surface area (Å²) in [6.45, 7) is 0. The van der Waals surface area contributed by atoms with Gasteiger partial charge in [-0.05, 0) is 18.2 Å². The van der Waals surface area contributed by atoms with E-state index in [-0.39, 0.29) is 12.4 Å². The molecule has 2 N–H and O–H groups in total.